The lowest BCUT2D eigenvalue weighted by Crippen LogP contribution is -2.02. The minimum absolute atomic E-state index is 0.853. The van der Waals surface area contributed by atoms with Gasteiger partial charge in [-0.15, -0.1) is 0 Å². The molecule has 13 heavy (non-hydrogen) atoms. The second kappa shape index (κ2) is 3.91. The molecule has 0 bridgehead atoms. The van der Waals surface area contributed by atoms with Crippen molar-refractivity contribution in [1.29, 1.82) is 0 Å². The van der Waals surface area contributed by atoms with E-state index in [4.69, 9.17) is 0 Å². The van der Waals surface area contributed by atoms with E-state index in [0.29, 0.717) is 0 Å². The number of aromatic nitrogens is 2. The summed E-state index contributed by atoms with van der Waals surface area (Å²) in [7, 11) is 0. The number of hydrogen-bond donors (Lipinski definition) is 0. The van der Waals surface area contributed by atoms with Gasteiger partial charge in [0.25, 0.3) is 0 Å². The lowest BCUT2D eigenvalue weighted by molar-refractivity contribution is 0.670. The highest BCUT2D eigenvalue weighted by atomic mass is 127. The van der Waals surface area contributed by atoms with Gasteiger partial charge in [0.1, 0.15) is 0 Å². The first-order valence-electron chi connectivity index (χ1n) is 4.07. The fourth-order valence-corrected chi connectivity index (χ4v) is 1.65. The summed E-state index contributed by atoms with van der Waals surface area (Å²) >= 11 is 2.28. The molecule has 0 unspecified atom stereocenters. The Balaban J connectivity index is 2.20. The Hall–Kier alpha value is -0.840. The highest BCUT2D eigenvalue weighted by Crippen LogP contribution is 2.06. The van der Waals surface area contributed by atoms with Crippen LogP contribution in [0.25, 0.3) is 0 Å². The van der Waals surface area contributed by atoms with E-state index in [9.17, 15) is 0 Å². The Morgan fingerprint density at radius 3 is 2.54 bits per heavy atom. The maximum Gasteiger partial charge on any atom is 0.0993 e. The molecular formula is C10H9IN2. The molecule has 2 nitrogen and oxygen atoms in total. The highest BCUT2D eigenvalue weighted by molar-refractivity contribution is 14.1. The van der Waals surface area contributed by atoms with Crippen molar-refractivity contribution in [3.05, 3.63) is 51.9 Å². The average Bonchev–Trinajstić information content (AvgIpc) is 2.54. The number of halogens is 1. The Bertz CT molecular complexity index is 381. The average molecular weight is 284 g/mol. The van der Waals surface area contributed by atoms with Crippen molar-refractivity contribution in [3.63, 3.8) is 0 Å². The van der Waals surface area contributed by atoms with Crippen LogP contribution >= 0.6 is 22.6 Å². The maximum absolute atomic E-state index is 4.22. The molecule has 0 atom stereocenters. The van der Waals surface area contributed by atoms with E-state index in [1.165, 1.54) is 9.26 Å². The zero-order valence-corrected chi connectivity index (χ0v) is 9.18. The first-order chi connectivity index (χ1) is 6.36. The number of nitrogens with zero attached hydrogens (tertiary/aromatic N) is 2. The SMILES string of the molecule is Ic1ccnn1Cc1ccccc1. The van der Waals surface area contributed by atoms with E-state index in [-0.39, 0.29) is 0 Å². The topological polar surface area (TPSA) is 17.8 Å². The van der Waals surface area contributed by atoms with Gasteiger partial charge in [0, 0.05) is 0 Å². The molecule has 0 amide bonds. The fourth-order valence-electron chi connectivity index (χ4n) is 1.19. The molecule has 0 saturated heterocycles. The van der Waals surface area contributed by atoms with Crippen molar-refractivity contribution >= 4 is 22.6 Å². The van der Waals surface area contributed by atoms with E-state index in [0.717, 1.165) is 6.54 Å². The van der Waals surface area contributed by atoms with Crippen LogP contribution in [0.5, 0.6) is 0 Å². The molecule has 2 aromatic rings. The molecule has 0 fully saturated rings. The Morgan fingerprint density at radius 2 is 1.92 bits per heavy atom. The van der Waals surface area contributed by atoms with Crippen LogP contribution in [0.15, 0.2) is 42.6 Å². The van der Waals surface area contributed by atoms with Crippen LogP contribution in [-0.4, -0.2) is 9.78 Å². The molecule has 3 heteroatoms. The molecular weight excluding hydrogens is 275 g/mol. The van der Waals surface area contributed by atoms with E-state index in [2.05, 4.69) is 39.8 Å². The van der Waals surface area contributed by atoms with E-state index in [1.54, 1.807) is 0 Å². The van der Waals surface area contributed by atoms with Gasteiger partial charge in [0.15, 0.2) is 0 Å². The molecule has 0 aliphatic carbocycles. The molecule has 1 heterocycles. The molecule has 0 N–H and O–H groups in total. The summed E-state index contributed by atoms with van der Waals surface area (Å²) in [6, 6.07) is 12.3. The van der Waals surface area contributed by atoms with E-state index >= 15 is 0 Å². The summed E-state index contributed by atoms with van der Waals surface area (Å²) in [5, 5.41) is 4.22. The van der Waals surface area contributed by atoms with Crippen molar-refractivity contribution in [3.8, 4) is 0 Å². The van der Waals surface area contributed by atoms with Crippen LogP contribution in [0.2, 0.25) is 0 Å². The highest BCUT2D eigenvalue weighted by Gasteiger charge is 1.98. The third-order valence-electron chi connectivity index (χ3n) is 1.84. The molecule has 1 aromatic heterocycles. The van der Waals surface area contributed by atoms with Crippen LogP contribution < -0.4 is 0 Å². The van der Waals surface area contributed by atoms with Gasteiger partial charge in [-0.1, -0.05) is 30.3 Å². The zero-order valence-electron chi connectivity index (χ0n) is 7.02. The van der Waals surface area contributed by atoms with Gasteiger partial charge in [0.05, 0.1) is 16.4 Å². The summed E-state index contributed by atoms with van der Waals surface area (Å²) in [5.74, 6) is 0. The summed E-state index contributed by atoms with van der Waals surface area (Å²) in [5.41, 5.74) is 1.28. The standard InChI is InChI=1S/C10H9IN2/c11-10-6-7-12-13(10)8-9-4-2-1-3-5-9/h1-7H,8H2. The molecule has 0 aliphatic heterocycles. The van der Waals surface area contributed by atoms with Gasteiger partial charge in [-0.2, -0.15) is 5.10 Å². The van der Waals surface area contributed by atoms with Gasteiger partial charge in [-0.05, 0) is 34.2 Å². The molecule has 0 saturated carbocycles. The Labute approximate surface area is 90.7 Å². The van der Waals surface area contributed by atoms with Crippen LogP contribution in [0.4, 0.5) is 0 Å². The second-order valence-corrected chi connectivity index (χ2v) is 3.90. The molecule has 2 rings (SSSR count). The third kappa shape index (κ3) is 2.09. The number of hydrogen-bond acceptors (Lipinski definition) is 1. The summed E-state index contributed by atoms with van der Waals surface area (Å²) in [6.07, 6.45) is 1.82. The minimum atomic E-state index is 0.853. The third-order valence-corrected chi connectivity index (χ3v) is 2.76. The van der Waals surface area contributed by atoms with Crippen molar-refractivity contribution in [2.45, 2.75) is 6.54 Å². The Kier molecular flexibility index (Phi) is 2.63. The normalized spacial score (nSPS) is 10.2. The largest absolute Gasteiger partial charge is 0.255 e. The first kappa shape index (κ1) is 8.74. The van der Waals surface area contributed by atoms with Crippen molar-refractivity contribution < 1.29 is 0 Å². The predicted molar refractivity (Wildman–Crippen MR) is 60.5 cm³/mol. The summed E-state index contributed by atoms with van der Waals surface area (Å²) in [6.45, 7) is 0.853. The van der Waals surface area contributed by atoms with Crippen molar-refractivity contribution in [2.75, 3.05) is 0 Å². The van der Waals surface area contributed by atoms with Crippen molar-refractivity contribution in [2.24, 2.45) is 0 Å². The number of rotatable bonds is 2. The lowest BCUT2D eigenvalue weighted by Gasteiger charge is -2.02. The van der Waals surface area contributed by atoms with Gasteiger partial charge >= 0.3 is 0 Å². The van der Waals surface area contributed by atoms with Crippen LogP contribution in [0.3, 0.4) is 0 Å². The molecule has 0 aliphatic rings. The van der Waals surface area contributed by atoms with Crippen LogP contribution in [0.1, 0.15) is 5.56 Å². The van der Waals surface area contributed by atoms with Crippen LogP contribution in [-0.2, 0) is 6.54 Å². The first-order valence-corrected chi connectivity index (χ1v) is 5.15. The second-order valence-electron chi connectivity index (χ2n) is 2.80. The minimum Gasteiger partial charge on any atom is -0.255 e. The number of benzene rings is 1. The predicted octanol–water partition coefficient (Wildman–Crippen LogP) is 2.54. The molecule has 0 radical (unpaired) electrons. The van der Waals surface area contributed by atoms with Gasteiger partial charge in [0.2, 0.25) is 0 Å². The lowest BCUT2D eigenvalue weighted by atomic mass is 10.2. The Morgan fingerprint density at radius 1 is 1.15 bits per heavy atom. The summed E-state index contributed by atoms with van der Waals surface area (Å²) in [4.78, 5) is 0. The van der Waals surface area contributed by atoms with Gasteiger partial charge in [-0.25, -0.2) is 0 Å². The quantitative estimate of drug-likeness (QED) is 0.775. The summed E-state index contributed by atoms with van der Waals surface area (Å²) < 4.78 is 3.15. The van der Waals surface area contributed by atoms with Crippen molar-refractivity contribution in [1.82, 2.24) is 9.78 Å². The smallest absolute Gasteiger partial charge is 0.0993 e. The molecule has 1 aromatic carbocycles. The monoisotopic (exact) mass is 284 g/mol. The van der Waals surface area contributed by atoms with Crippen LogP contribution in [0, 0.1) is 3.70 Å². The molecule has 66 valence electrons. The van der Waals surface area contributed by atoms with E-state index in [1.807, 2.05) is 35.1 Å². The zero-order chi connectivity index (χ0) is 9.10. The van der Waals surface area contributed by atoms with E-state index < -0.39 is 0 Å². The van der Waals surface area contributed by atoms with Gasteiger partial charge in [-0.3, -0.25) is 4.68 Å². The van der Waals surface area contributed by atoms with Gasteiger partial charge < -0.3 is 0 Å². The molecule has 0 spiro atoms. The maximum atomic E-state index is 4.22. The fraction of sp³-hybridized carbons (Fsp3) is 0.100.